The van der Waals surface area contributed by atoms with Gasteiger partial charge < -0.3 is 5.73 Å². The van der Waals surface area contributed by atoms with Crippen molar-refractivity contribution >= 4 is 10.0 Å². The summed E-state index contributed by atoms with van der Waals surface area (Å²) in [5.41, 5.74) is 5.66. The summed E-state index contributed by atoms with van der Waals surface area (Å²) in [6.07, 6.45) is 0. The van der Waals surface area contributed by atoms with Gasteiger partial charge in [0.15, 0.2) is 5.25 Å². The minimum atomic E-state index is -3.53. The smallest absolute Gasteiger partial charge is 0.227 e. The summed E-state index contributed by atoms with van der Waals surface area (Å²) < 4.78 is 24.9. The van der Waals surface area contributed by atoms with E-state index >= 15 is 0 Å². The van der Waals surface area contributed by atoms with Crippen LogP contribution in [0.5, 0.6) is 0 Å². The minimum Gasteiger partial charge on any atom is -0.326 e. The second kappa shape index (κ2) is 5.29. The lowest BCUT2D eigenvalue weighted by Gasteiger charge is -2.16. The summed E-state index contributed by atoms with van der Waals surface area (Å²) in [6.45, 7) is 5.33. The molecule has 0 aromatic rings. The molecule has 6 heteroatoms. The molecular formula is C8H17N3O2S. The van der Waals surface area contributed by atoms with Crippen molar-refractivity contribution in [2.75, 3.05) is 6.54 Å². The molecule has 0 amide bonds. The van der Waals surface area contributed by atoms with Gasteiger partial charge in [-0.1, -0.05) is 13.8 Å². The predicted molar refractivity (Wildman–Crippen MR) is 54.8 cm³/mol. The highest BCUT2D eigenvalue weighted by Gasteiger charge is 2.20. The Labute approximate surface area is 85.3 Å². The van der Waals surface area contributed by atoms with Gasteiger partial charge in [0.1, 0.15) is 0 Å². The zero-order valence-electron chi connectivity index (χ0n) is 8.69. The van der Waals surface area contributed by atoms with Crippen molar-refractivity contribution in [3.05, 3.63) is 0 Å². The maximum atomic E-state index is 11.3. The lowest BCUT2D eigenvalue weighted by molar-refractivity contribution is 0.481. The van der Waals surface area contributed by atoms with Crippen LogP contribution in [0.25, 0.3) is 0 Å². The van der Waals surface area contributed by atoms with Crippen LogP contribution < -0.4 is 10.5 Å². The Kier molecular flexibility index (Phi) is 5.05. The Morgan fingerprint density at radius 2 is 1.93 bits per heavy atom. The molecule has 0 rings (SSSR count). The first-order chi connectivity index (χ1) is 6.31. The van der Waals surface area contributed by atoms with Crippen molar-refractivity contribution in [2.24, 2.45) is 11.7 Å². The largest absolute Gasteiger partial charge is 0.326 e. The summed E-state index contributed by atoms with van der Waals surface area (Å²) in [5, 5.41) is 7.40. The first-order valence-electron chi connectivity index (χ1n) is 4.45. The highest BCUT2D eigenvalue weighted by Crippen LogP contribution is 2.00. The SMILES string of the molecule is CC(C)C(N)CNS(=O)(=O)C(C)C#N. The van der Waals surface area contributed by atoms with E-state index in [4.69, 9.17) is 11.0 Å². The maximum absolute atomic E-state index is 11.3. The predicted octanol–water partition coefficient (Wildman–Crippen LogP) is -0.199. The molecule has 0 bridgehead atoms. The van der Waals surface area contributed by atoms with Crippen molar-refractivity contribution < 1.29 is 8.42 Å². The summed E-state index contributed by atoms with van der Waals surface area (Å²) in [6, 6.07) is 1.44. The third-order valence-electron chi connectivity index (χ3n) is 2.02. The molecular weight excluding hydrogens is 202 g/mol. The minimum absolute atomic E-state index is 0.173. The fourth-order valence-electron chi connectivity index (χ4n) is 0.642. The van der Waals surface area contributed by atoms with E-state index in [0.717, 1.165) is 0 Å². The zero-order valence-corrected chi connectivity index (χ0v) is 9.50. The van der Waals surface area contributed by atoms with Crippen LogP contribution in [0.3, 0.4) is 0 Å². The van der Waals surface area contributed by atoms with E-state index in [2.05, 4.69) is 4.72 Å². The average Bonchev–Trinajstić information content (AvgIpc) is 2.12. The Hall–Kier alpha value is -0.640. The first-order valence-corrected chi connectivity index (χ1v) is 5.99. The highest BCUT2D eigenvalue weighted by atomic mass is 32.2. The second-order valence-electron chi connectivity index (χ2n) is 3.57. The lowest BCUT2D eigenvalue weighted by Crippen LogP contribution is -2.42. The Morgan fingerprint density at radius 1 is 1.43 bits per heavy atom. The van der Waals surface area contributed by atoms with Gasteiger partial charge >= 0.3 is 0 Å². The molecule has 0 heterocycles. The van der Waals surface area contributed by atoms with Gasteiger partial charge in [0.05, 0.1) is 6.07 Å². The molecule has 0 aromatic carbocycles. The van der Waals surface area contributed by atoms with Crippen LogP contribution in [-0.4, -0.2) is 26.3 Å². The number of hydrogen-bond acceptors (Lipinski definition) is 4. The number of nitrogens with one attached hydrogen (secondary N) is 1. The van der Waals surface area contributed by atoms with Crippen LogP contribution in [0, 0.1) is 17.2 Å². The quantitative estimate of drug-likeness (QED) is 0.669. The van der Waals surface area contributed by atoms with Gasteiger partial charge in [0.25, 0.3) is 0 Å². The van der Waals surface area contributed by atoms with Gasteiger partial charge in [-0.15, -0.1) is 0 Å². The van der Waals surface area contributed by atoms with E-state index in [0.29, 0.717) is 0 Å². The molecule has 0 saturated carbocycles. The monoisotopic (exact) mass is 219 g/mol. The van der Waals surface area contributed by atoms with Gasteiger partial charge in [-0.2, -0.15) is 5.26 Å². The van der Waals surface area contributed by atoms with Crippen molar-refractivity contribution in [2.45, 2.75) is 32.1 Å². The standard InChI is InChI=1S/C8H17N3O2S/c1-6(2)8(10)5-11-14(12,13)7(3)4-9/h6-8,11H,5,10H2,1-3H3. The number of nitrogens with zero attached hydrogens (tertiary/aromatic N) is 1. The molecule has 0 aromatic heterocycles. The molecule has 14 heavy (non-hydrogen) atoms. The Bertz CT molecular complexity index is 305. The molecule has 2 unspecified atom stereocenters. The molecule has 82 valence electrons. The van der Waals surface area contributed by atoms with E-state index in [1.807, 2.05) is 13.8 Å². The average molecular weight is 219 g/mol. The number of nitriles is 1. The van der Waals surface area contributed by atoms with E-state index in [1.54, 1.807) is 6.07 Å². The van der Waals surface area contributed by atoms with Crippen LogP contribution in [0.4, 0.5) is 0 Å². The van der Waals surface area contributed by atoms with Crippen molar-refractivity contribution in [1.82, 2.24) is 4.72 Å². The van der Waals surface area contributed by atoms with E-state index < -0.39 is 15.3 Å². The topological polar surface area (TPSA) is 96.0 Å². The van der Waals surface area contributed by atoms with Crippen molar-refractivity contribution in [3.8, 4) is 6.07 Å². The highest BCUT2D eigenvalue weighted by molar-refractivity contribution is 7.90. The normalized spacial score (nSPS) is 16.3. The maximum Gasteiger partial charge on any atom is 0.227 e. The summed E-state index contributed by atoms with van der Waals surface area (Å²) >= 11 is 0. The van der Waals surface area contributed by atoms with E-state index in [-0.39, 0.29) is 18.5 Å². The van der Waals surface area contributed by atoms with Crippen molar-refractivity contribution in [1.29, 1.82) is 5.26 Å². The Morgan fingerprint density at radius 3 is 2.29 bits per heavy atom. The first kappa shape index (κ1) is 13.4. The molecule has 0 spiro atoms. The Balaban J connectivity index is 4.22. The van der Waals surface area contributed by atoms with Crippen LogP contribution in [0.15, 0.2) is 0 Å². The van der Waals surface area contributed by atoms with Gasteiger partial charge in [0, 0.05) is 12.6 Å². The van der Waals surface area contributed by atoms with Gasteiger partial charge in [-0.3, -0.25) is 0 Å². The molecule has 0 saturated heterocycles. The summed E-state index contributed by atoms with van der Waals surface area (Å²) in [4.78, 5) is 0. The molecule has 5 nitrogen and oxygen atoms in total. The lowest BCUT2D eigenvalue weighted by atomic mass is 10.1. The van der Waals surface area contributed by atoms with E-state index in [9.17, 15) is 8.42 Å². The molecule has 0 aliphatic carbocycles. The van der Waals surface area contributed by atoms with Crippen LogP contribution in [0.1, 0.15) is 20.8 Å². The van der Waals surface area contributed by atoms with E-state index in [1.165, 1.54) is 6.92 Å². The van der Waals surface area contributed by atoms with Gasteiger partial charge in [-0.25, -0.2) is 13.1 Å². The molecule has 0 radical (unpaired) electrons. The van der Waals surface area contributed by atoms with Crippen LogP contribution >= 0.6 is 0 Å². The van der Waals surface area contributed by atoms with Gasteiger partial charge in [0.2, 0.25) is 10.0 Å². The zero-order chi connectivity index (χ0) is 11.4. The fraction of sp³-hybridized carbons (Fsp3) is 0.875. The third-order valence-corrected chi connectivity index (χ3v) is 3.63. The fourth-order valence-corrected chi connectivity index (χ4v) is 1.46. The molecule has 2 atom stereocenters. The number of nitrogens with two attached hydrogens (primary N) is 1. The van der Waals surface area contributed by atoms with Crippen molar-refractivity contribution in [3.63, 3.8) is 0 Å². The third kappa shape index (κ3) is 4.05. The number of sulfonamides is 1. The summed E-state index contributed by atoms with van der Waals surface area (Å²) in [7, 11) is -3.53. The number of rotatable bonds is 5. The molecule has 0 aliphatic heterocycles. The van der Waals surface area contributed by atoms with Gasteiger partial charge in [-0.05, 0) is 12.8 Å². The summed E-state index contributed by atoms with van der Waals surface area (Å²) in [5.74, 6) is 0.204. The second-order valence-corrected chi connectivity index (χ2v) is 5.66. The molecule has 0 aliphatic rings. The van der Waals surface area contributed by atoms with Crippen LogP contribution in [-0.2, 0) is 10.0 Å². The molecule has 3 N–H and O–H groups in total. The van der Waals surface area contributed by atoms with Crippen LogP contribution in [0.2, 0.25) is 0 Å². The number of hydrogen-bond donors (Lipinski definition) is 2. The molecule has 0 fully saturated rings.